The van der Waals surface area contributed by atoms with Crippen molar-refractivity contribution in [3.8, 4) is 0 Å². The van der Waals surface area contributed by atoms with Gasteiger partial charge in [-0.2, -0.15) is 0 Å². The van der Waals surface area contributed by atoms with Gasteiger partial charge in [0.05, 0.1) is 5.70 Å². The van der Waals surface area contributed by atoms with Gasteiger partial charge >= 0.3 is 0 Å². The average molecular weight is 256 g/mol. The molecule has 2 heteroatoms. The van der Waals surface area contributed by atoms with Gasteiger partial charge < -0.3 is 5.73 Å². The number of hydrogen-bond donors (Lipinski definition) is 1. The molecule has 0 aromatic rings. The van der Waals surface area contributed by atoms with Gasteiger partial charge in [0.2, 0.25) is 0 Å². The van der Waals surface area contributed by atoms with Crippen LogP contribution < -0.4 is 5.73 Å². The molecule has 2 rings (SSSR count). The van der Waals surface area contributed by atoms with Crippen LogP contribution in [0.15, 0.2) is 52.8 Å². The van der Waals surface area contributed by atoms with Gasteiger partial charge in [-0.1, -0.05) is 39.2 Å². The Morgan fingerprint density at radius 2 is 2.00 bits per heavy atom. The van der Waals surface area contributed by atoms with E-state index in [1.807, 2.05) is 19.9 Å². The Morgan fingerprint density at radius 3 is 2.37 bits per heavy atom. The third-order valence-corrected chi connectivity index (χ3v) is 4.56. The average Bonchev–Trinajstić information content (AvgIpc) is 2.66. The summed E-state index contributed by atoms with van der Waals surface area (Å²) in [6.45, 7) is 16.5. The molecular weight excluding hydrogens is 232 g/mol. The van der Waals surface area contributed by atoms with E-state index < -0.39 is 0 Å². The molecule has 0 aromatic heterocycles. The summed E-state index contributed by atoms with van der Waals surface area (Å²) in [7, 11) is 0. The van der Waals surface area contributed by atoms with Crippen LogP contribution in [0, 0.1) is 17.3 Å². The Kier molecular flexibility index (Phi) is 3.29. The van der Waals surface area contributed by atoms with Crippen LogP contribution in [-0.4, -0.2) is 5.71 Å². The van der Waals surface area contributed by atoms with E-state index in [9.17, 15) is 0 Å². The van der Waals surface area contributed by atoms with E-state index in [0.29, 0.717) is 17.5 Å². The largest absolute Gasteiger partial charge is 0.399 e. The highest BCUT2D eigenvalue weighted by molar-refractivity contribution is 5.81. The Morgan fingerprint density at radius 1 is 1.42 bits per heavy atom. The van der Waals surface area contributed by atoms with Gasteiger partial charge in [0, 0.05) is 28.0 Å². The summed E-state index contributed by atoms with van der Waals surface area (Å²) >= 11 is 0. The Hall–Kier alpha value is -1.57. The third kappa shape index (κ3) is 1.81. The molecule has 2 atom stereocenters. The Bertz CT molecular complexity index is 519. The van der Waals surface area contributed by atoms with Crippen molar-refractivity contribution in [2.45, 2.75) is 34.1 Å². The fourth-order valence-electron chi connectivity index (χ4n) is 3.60. The summed E-state index contributed by atoms with van der Waals surface area (Å²) in [5, 5.41) is 0. The molecule has 2 unspecified atom stereocenters. The summed E-state index contributed by atoms with van der Waals surface area (Å²) in [5.74, 6) is 1.18. The molecule has 102 valence electrons. The molecule has 19 heavy (non-hydrogen) atoms. The first-order valence-corrected chi connectivity index (χ1v) is 6.91. The molecule has 0 aromatic carbocycles. The molecule has 0 amide bonds. The van der Waals surface area contributed by atoms with Crippen LogP contribution in [-0.2, 0) is 0 Å². The molecule has 2 N–H and O–H groups in total. The molecular formula is C17H24N2. The zero-order chi connectivity index (χ0) is 14.4. The third-order valence-electron chi connectivity index (χ3n) is 4.56. The summed E-state index contributed by atoms with van der Waals surface area (Å²) in [5.41, 5.74) is 10.9. The molecule has 0 radical (unpaired) electrons. The predicted octanol–water partition coefficient (Wildman–Crippen LogP) is 3.98. The molecule has 0 bridgehead atoms. The van der Waals surface area contributed by atoms with Crippen molar-refractivity contribution in [3.63, 3.8) is 0 Å². The highest BCUT2D eigenvalue weighted by Crippen LogP contribution is 2.62. The monoisotopic (exact) mass is 256 g/mol. The van der Waals surface area contributed by atoms with Crippen LogP contribution in [0.4, 0.5) is 0 Å². The minimum absolute atomic E-state index is 0.0262. The second kappa shape index (κ2) is 4.52. The van der Waals surface area contributed by atoms with Gasteiger partial charge in [-0.25, -0.2) is 0 Å². The molecule has 1 fully saturated rings. The van der Waals surface area contributed by atoms with E-state index in [4.69, 9.17) is 10.7 Å². The summed E-state index contributed by atoms with van der Waals surface area (Å²) < 4.78 is 0. The van der Waals surface area contributed by atoms with Crippen molar-refractivity contribution in [2.24, 2.45) is 28.0 Å². The van der Waals surface area contributed by atoms with Crippen molar-refractivity contribution in [2.75, 3.05) is 0 Å². The van der Waals surface area contributed by atoms with Crippen molar-refractivity contribution >= 4 is 5.71 Å². The van der Waals surface area contributed by atoms with Crippen LogP contribution in [0.1, 0.15) is 34.1 Å². The number of nitrogens with zero attached hydrogens (tertiary/aromatic N) is 1. The highest BCUT2D eigenvalue weighted by atomic mass is 14.8. The van der Waals surface area contributed by atoms with E-state index in [-0.39, 0.29) is 5.41 Å². The van der Waals surface area contributed by atoms with Gasteiger partial charge in [0.25, 0.3) is 0 Å². The van der Waals surface area contributed by atoms with Crippen molar-refractivity contribution in [3.05, 3.63) is 47.9 Å². The molecule has 2 aliphatic rings. The number of hydrogen-bond acceptors (Lipinski definition) is 2. The first-order chi connectivity index (χ1) is 8.84. The lowest BCUT2D eigenvalue weighted by atomic mass is 9.53. The lowest BCUT2D eigenvalue weighted by Gasteiger charge is -2.51. The highest BCUT2D eigenvalue weighted by Gasteiger charge is 2.55. The fraction of sp³-hybridized carbons (Fsp3) is 0.471. The summed E-state index contributed by atoms with van der Waals surface area (Å²) in [6, 6.07) is 0. The lowest BCUT2D eigenvalue weighted by molar-refractivity contribution is 0.0557. The summed E-state index contributed by atoms with van der Waals surface area (Å²) in [4.78, 5) is 4.81. The van der Waals surface area contributed by atoms with E-state index >= 15 is 0 Å². The maximum atomic E-state index is 5.95. The van der Waals surface area contributed by atoms with E-state index in [1.54, 1.807) is 0 Å². The molecule has 0 heterocycles. The van der Waals surface area contributed by atoms with Crippen LogP contribution in [0.5, 0.6) is 0 Å². The number of aliphatic imine (C=N–C) groups is 1. The molecule has 0 aliphatic heterocycles. The van der Waals surface area contributed by atoms with Gasteiger partial charge in [-0.3, -0.25) is 4.99 Å². The molecule has 2 aliphatic carbocycles. The SMILES string of the molecule is C=CC1=C(N=C(C)C)C2(C=C1C(=C)N)C(C)CC2C. The molecule has 2 nitrogen and oxygen atoms in total. The predicted molar refractivity (Wildman–Crippen MR) is 82.8 cm³/mol. The van der Waals surface area contributed by atoms with E-state index in [2.05, 4.69) is 33.1 Å². The van der Waals surface area contributed by atoms with Gasteiger partial charge in [0.15, 0.2) is 0 Å². The molecule has 0 saturated heterocycles. The van der Waals surface area contributed by atoms with Crippen molar-refractivity contribution < 1.29 is 0 Å². The Labute approximate surface area is 116 Å². The summed E-state index contributed by atoms with van der Waals surface area (Å²) in [6.07, 6.45) is 5.39. The fourth-order valence-corrected chi connectivity index (χ4v) is 3.60. The Balaban J connectivity index is 2.67. The molecule has 1 saturated carbocycles. The normalized spacial score (nSPS) is 32.9. The van der Waals surface area contributed by atoms with Gasteiger partial charge in [0.1, 0.15) is 0 Å². The van der Waals surface area contributed by atoms with Gasteiger partial charge in [-0.05, 0) is 32.1 Å². The first-order valence-electron chi connectivity index (χ1n) is 6.91. The quantitative estimate of drug-likeness (QED) is 0.762. The topological polar surface area (TPSA) is 38.4 Å². The van der Waals surface area contributed by atoms with Crippen LogP contribution in [0.3, 0.4) is 0 Å². The van der Waals surface area contributed by atoms with Crippen molar-refractivity contribution in [1.82, 2.24) is 0 Å². The number of nitrogens with two attached hydrogens (primary N) is 1. The van der Waals surface area contributed by atoms with Crippen LogP contribution in [0.25, 0.3) is 0 Å². The maximum absolute atomic E-state index is 5.95. The van der Waals surface area contributed by atoms with E-state index in [0.717, 1.165) is 22.6 Å². The number of rotatable bonds is 3. The van der Waals surface area contributed by atoms with E-state index in [1.165, 1.54) is 6.42 Å². The van der Waals surface area contributed by atoms with Crippen LogP contribution in [0.2, 0.25) is 0 Å². The number of allylic oxidation sites excluding steroid dienone is 3. The lowest BCUT2D eigenvalue weighted by Crippen LogP contribution is -2.45. The van der Waals surface area contributed by atoms with Crippen LogP contribution >= 0.6 is 0 Å². The minimum Gasteiger partial charge on any atom is -0.399 e. The zero-order valence-corrected chi connectivity index (χ0v) is 12.5. The smallest absolute Gasteiger partial charge is 0.0586 e. The standard InChI is InChI=1S/C17H24N2/c1-7-14-15(13(6)18)9-17(11(4)8-12(17)5)16(14)19-10(2)3/h7,9,11-12H,1,6,8,18H2,2-5H3. The zero-order valence-electron chi connectivity index (χ0n) is 12.5. The maximum Gasteiger partial charge on any atom is 0.0586 e. The molecule has 1 spiro atoms. The second-order valence-corrected chi connectivity index (χ2v) is 6.08. The van der Waals surface area contributed by atoms with Crippen molar-refractivity contribution in [1.29, 1.82) is 0 Å². The van der Waals surface area contributed by atoms with Gasteiger partial charge in [-0.15, -0.1) is 0 Å². The second-order valence-electron chi connectivity index (χ2n) is 6.08. The minimum atomic E-state index is 0.0262. The first kappa shape index (κ1) is 13.9.